The summed E-state index contributed by atoms with van der Waals surface area (Å²) >= 11 is 1.52. The van der Waals surface area contributed by atoms with E-state index in [1.165, 1.54) is 23.9 Å². The Labute approximate surface area is 175 Å². The molecule has 0 radical (unpaired) electrons. The minimum absolute atomic E-state index is 0.103. The van der Waals surface area contributed by atoms with Crippen LogP contribution in [-0.4, -0.2) is 31.7 Å². The predicted octanol–water partition coefficient (Wildman–Crippen LogP) is 3.79. The number of anilines is 2. The highest BCUT2D eigenvalue weighted by atomic mass is 32.2. The molecule has 1 heterocycles. The molecule has 0 bridgehead atoms. The highest BCUT2D eigenvalue weighted by Crippen LogP contribution is 2.34. The Kier molecular flexibility index (Phi) is 6.33. The molecule has 29 heavy (non-hydrogen) atoms. The van der Waals surface area contributed by atoms with Crippen molar-refractivity contribution in [1.82, 2.24) is 0 Å². The number of rotatable bonds is 5. The maximum atomic E-state index is 12.7. The van der Waals surface area contributed by atoms with Crippen molar-refractivity contribution in [2.45, 2.75) is 37.0 Å². The average Bonchev–Trinajstić information content (AvgIpc) is 2.82. The van der Waals surface area contributed by atoms with Gasteiger partial charge in [-0.2, -0.15) is 0 Å². The van der Waals surface area contributed by atoms with Crippen molar-refractivity contribution >= 4 is 44.8 Å². The van der Waals surface area contributed by atoms with Crippen LogP contribution in [0.15, 0.2) is 46.2 Å². The molecule has 6 nitrogen and oxygen atoms in total. The van der Waals surface area contributed by atoms with Gasteiger partial charge >= 0.3 is 0 Å². The van der Waals surface area contributed by atoms with Gasteiger partial charge in [-0.25, -0.2) is 8.42 Å². The van der Waals surface area contributed by atoms with Gasteiger partial charge < -0.3 is 10.6 Å². The van der Waals surface area contributed by atoms with Crippen molar-refractivity contribution in [1.29, 1.82) is 0 Å². The Bertz CT molecular complexity index is 1060. The average molecular weight is 433 g/mol. The van der Waals surface area contributed by atoms with Gasteiger partial charge in [-0.3, -0.25) is 9.59 Å². The second-order valence-corrected chi connectivity index (χ2v) is 10.4. The maximum absolute atomic E-state index is 12.7. The Balaban J connectivity index is 1.70. The number of carbonyl (C=O) groups is 2. The number of hydrogen-bond donors (Lipinski definition) is 2. The van der Waals surface area contributed by atoms with Crippen molar-refractivity contribution in [3.63, 3.8) is 0 Å². The van der Waals surface area contributed by atoms with Crippen LogP contribution in [0.3, 0.4) is 0 Å². The fraction of sp³-hybridized carbons (Fsp3) is 0.333. The van der Waals surface area contributed by atoms with Gasteiger partial charge in [0.1, 0.15) is 0 Å². The molecule has 0 aliphatic carbocycles. The van der Waals surface area contributed by atoms with Crippen molar-refractivity contribution in [3.8, 4) is 0 Å². The van der Waals surface area contributed by atoms with E-state index in [4.69, 9.17) is 0 Å². The number of hydrogen-bond acceptors (Lipinski definition) is 5. The third-order valence-electron chi connectivity index (χ3n) is 4.98. The zero-order valence-corrected chi connectivity index (χ0v) is 18.2. The summed E-state index contributed by atoms with van der Waals surface area (Å²) < 4.78 is 25.5. The van der Waals surface area contributed by atoms with Gasteiger partial charge in [-0.15, -0.1) is 11.8 Å². The van der Waals surface area contributed by atoms with Crippen molar-refractivity contribution in [2.24, 2.45) is 5.92 Å². The van der Waals surface area contributed by atoms with Gasteiger partial charge in [-0.1, -0.05) is 19.1 Å². The van der Waals surface area contributed by atoms with Crippen LogP contribution in [0.2, 0.25) is 0 Å². The Hall–Kier alpha value is -2.32. The minimum Gasteiger partial charge on any atom is -0.326 e. The van der Waals surface area contributed by atoms with Crippen LogP contribution in [-0.2, 0) is 19.4 Å². The molecule has 8 heteroatoms. The molecule has 3 rings (SSSR count). The smallest absolute Gasteiger partial charge is 0.228 e. The highest BCUT2D eigenvalue weighted by Gasteiger charge is 2.23. The topological polar surface area (TPSA) is 92.3 Å². The number of amides is 2. The Morgan fingerprint density at radius 1 is 1.24 bits per heavy atom. The fourth-order valence-corrected chi connectivity index (χ4v) is 5.19. The normalized spacial score (nSPS) is 16.5. The van der Waals surface area contributed by atoms with Crippen LogP contribution in [0.4, 0.5) is 11.4 Å². The minimum atomic E-state index is -3.66. The van der Waals surface area contributed by atoms with E-state index in [0.717, 1.165) is 16.0 Å². The number of sulfone groups is 1. The molecule has 0 saturated carbocycles. The van der Waals surface area contributed by atoms with Crippen LogP contribution in [0.5, 0.6) is 0 Å². The second kappa shape index (κ2) is 8.59. The van der Waals surface area contributed by atoms with E-state index in [-0.39, 0.29) is 34.8 Å². The van der Waals surface area contributed by atoms with Crippen LogP contribution >= 0.6 is 11.8 Å². The number of fused-ring (bicyclic) bond motifs is 1. The third-order valence-corrected chi connectivity index (χ3v) is 8.03. The maximum Gasteiger partial charge on any atom is 0.228 e. The first-order chi connectivity index (χ1) is 13.7. The first-order valence-corrected chi connectivity index (χ1v) is 12.0. The lowest BCUT2D eigenvalue weighted by molar-refractivity contribution is -0.118. The van der Waals surface area contributed by atoms with Crippen LogP contribution in [0, 0.1) is 19.8 Å². The molecule has 2 aromatic rings. The van der Waals surface area contributed by atoms with Crippen molar-refractivity contribution < 1.29 is 18.0 Å². The SMILES string of the molecule is Cc1cccc(NC(=O)CCS(=O)(=O)c2ccc3c(c2)NC(=O)C(C)CS3)c1C. The molecule has 0 saturated heterocycles. The zero-order valence-electron chi connectivity index (χ0n) is 16.6. The second-order valence-electron chi connectivity index (χ2n) is 7.22. The number of aryl methyl sites for hydroxylation is 1. The summed E-state index contributed by atoms with van der Waals surface area (Å²) in [6, 6.07) is 10.3. The lowest BCUT2D eigenvalue weighted by atomic mass is 10.1. The molecule has 1 unspecified atom stereocenters. The van der Waals surface area contributed by atoms with Crippen molar-refractivity contribution in [3.05, 3.63) is 47.5 Å². The van der Waals surface area contributed by atoms with Gasteiger partial charge in [0.15, 0.2) is 9.84 Å². The summed E-state index contributed by atoms with van der Waals surface area (Å²) in [6.45, 7) is 5.69. The number of carbonyl (C=O) groups excluding carboxylic acids is 2. The van der Waals surface area contributed by atoms with Gasteiger partial charge in [0, 0.05) is 28.7 Å². The zero-order chi connectivity index (χ0) is 21.2. The van der Waals surface area contributed by atoms with Crippen LogP contribution in [0.1, 0.15) is 24.5 Å². The van der Waals surface area contributed by atoms with E-state index in [1.807, 2.05) is 32.9 Å². The van der Waals surface area contributed by atoms with E-state index in [2.05, 4.69) is 10.6 Å². The number of benzene rings is 2. The lowest BCUT2D eigenvalue weighted by Gasteiger charge is -2.12. The van der Waals surface area contributed by atoms with Gasteiger partial charge in [-0.05, 0) is 49.2 Å². The van der Waals surface area contributed by atoms with E-state index in [9.17, 15) is 18.0 Å². The van der Waals surface area contributed by atoms with Gasteiger partial charge in [0.2, 0.25) is 11.8 Å². The molecular formula is C21H24N2O4S2. The fourth-order valence-electron chi connectivity index (χ4n) is 2.92. The summed E-state index contributed by atoms with van der Waals surface area (Å²) in [4.78, 5) is 25.3. The molecule has 2 aromatic carbocycles. The Morgan fingerprint density at radius 2 is 2.00 bits per heavy atom. The summed E-state index contributed by atoms with van der Waals surface area (Å²) in [5.74, 6) is -0.293. The molecule has 1 atom stereocenters. The van der Waals surface area contributed by atoms with E-state index in [0.29, 0.717) is 17.1 Å². The largest absolute Gasteiger partial charge is 0.326 e. The molecular weight excluding hydrogens is 408 g/mol. The van der Waals surface area contributed by atoms with Crippen LogP contribution in [0.25, 0.3) is 0 Å². The van der Waals surface area contributed by atoms with Gasteiger partial charge in [0.25, 0.3) is 0 Å². The molecule has 2 N–H and O–H groups in total. The first kappa shape index (κ1) is 21.4. The van der Waals surface area contributed by atoms with E-state index < -0.39 is 9.84 Å². The summed E-state index contributed by atoms with van der Waals surface area (Å²) in [5, 5.41) is 5.57. The predicted molar refractivity (Wildman–Crippen MR) is 116 cm³/mol. The molecule has 1 aliphatic heterocycles. The summed E-state index contributed by atoms with van der Waals surface area (Å²) in [7, 11) is -3.66. The summed E-state index contributed by atoms with van der Waals surface area (Å²) in [6.07, 6.45) is -0.148. The molecule has 0 aromatic heterocycles. The molecule has 154 valence electrons. The summed E-state index contributed by atoms with van der Waals surface area (Å²) in [5.41, 5.74) is 3.20. The Morgan fingerprint density at radius 3 is 2.76 bits per heavy atom. The molecule has 0 fully saturated rings. The van der Waals surface area contributed by atoms with E-state index >= 15 is 0 Å². The molecule has 2 amide bonds. The quantitative estimate of drug-likeness (QED) is 0.750. The van der Waals surface area contributed by atoms with Crippen LogP contribution < -0.4 is 10.6 Å². The number of thioether (sulfide) groups is 1. The standard InChI is InChI=1S/C21H24N2O4S2/c1-13-5-4-6-17(15(13)3)22-20(24)9-10-29(26,27)16-7-8-19-18(11-16)23-21(25)14(2)12-28-19/h4-8,11,14H,9-10,12H2,1-3H3,(H,22,24)(H,23,25). The number of nitrogens with one attached hydrogen (secondary N) is 2. The first-order valence-electron chi connectivity index (χ1n) is 9.34. The monoisotopic (exact) mass is 432 g/mol. The lowest BCUT2D eigenvalue weighted by Crippen LogP contribution is -2.20. The third kappa shape index (κ3) is 5.00. The van der Waals surface area contributed by atoms with E-state index in [1.54, 1.807) is 12.1 Å². The molecule has 1 aliphatic rings. The van der Waals surface area contributed by atoms with Crippen molar-refractivity contribution in [2.75, 3.05) is 22.1 Å². The highest BCUT2D eigenvalue weighted by molar-refractivity contribution is 7.99. The van der Waals surface area contributed by atoms with Gasteiger partial charge in [0.05, 0.1) is 16.3 Å². The molecule has 0 spiro atoms.